The van der Waals surface area contributed by atoms with Gasteiger partial charge in [-0.05, 0) is 36.4 Å². The van der Waals surface area contributed by atoms with Gasteiger partial charge in [-0.15, -0.1) is 0 Å². The Kier molecular flexibility index (Phi) is 6.61. The summed E-state index contributed by atoms with van der Waals surface area (Å²) in [5, 5.41) is 5.41. The van der Waals surface area contributed by atoms with Crippen LogP contribution in [0.15, 0.2) is 71.8 Å². The molecule has 31 heavy (non-hydrogen) atoms. The molecule has 0 atom stereocenters. The molecule has 5 nitrogen and oxygen atoms in total. The van der Waals surface area contributed by atoms with Crippen molar-refractivity contribution in [1.82, 2.24) is 9.97 Å². The van der Waals surface area contributed by atoms with Gasteiger partial charge in [0.1, 0.15) is 10.8 Å². The molecular formula is C23H17Cl2N3O2S. The normalized spacial score (nSPS) is 10.8. The van der Waals surface area contributed by atoms with E-state index in [-0.39, 0.29) is 11.7 Å². The first-order chi connectivity index (χ1) is 15.0. The molecule has 3 aromatic carbocycles. The number of fused-ring (bicyclic) bond motifs is 1. The number of hydrogen-bond donors (Lipinski definition) is 1. The van der Waals surface area contributed by atoms with Crippen molar-refractivity contribution in [3.8, 4) is 17.1 Å². The molecule has 4 aromatic rings. The Hall–Kier alpha value is -2.80. The van der Waals surface area contributed by atoms with Crippen LogP contribution in [0.1, 0.15) is 0 Å². The highest BCUT2D eigenvalue weighted by atomic mass is 35.5. The van der Waals surface area contributed by atoms with Crippen LogP contribution >= 0.6 is 35.0 Å². The van der Waals surface area contributed by atoms with Gasteiger partial charge in [0.2, 0.25) is 5.91 Å². The standard InChI is InChI=1S/C23H17Cl2N3O2S/c1-30-20-10-8-16(25)12-19(20)26-21(29)13-31-23-17-11-15(24)7-9-18(17)27-22(28-23)14-5-3-2-4-6-14/h2-12H,13H2,1H3,(H,26,29). The third kappa shape index (κ3) is 5.10. The minimum atomic E-state index is -0.208. The van der Waals surface area contributed by atoms with E-state index in [1.54, 1.807) is 24.3 Å². The highest BCUT2D eigenvalue weighted by Gasteiger charge is 2.14. The lowest BCUT2D eigenvalue weighted by atomic mass is 10.2. The molecule has 1 N–H and O–H groups in total. The van der Waals surface area contributed by atoms with Gasteiger partial charge in [0.15, 0.2) is 5.82 Å². The Morgan fingerprint density at radius 1 is 1.00 bits per heavy atom. The number of amides is 1. The van der Waals surface area contributed by atoms with Crippen molar-refractivity contribution in [2.45, 2.75) is 5.03 Å². The third-order valence-corrected chi connectivity index (χ3v) is 5.89. The van der Waals surface area contributed by atoms with Gasteiger partial charge in [0, 0.05) is 21.0 Å². The topological polar surface area (TPSA) is 64.1 Å². The van der Waals surface area contributed by atoms with Gasteiger partial charge >= 0.3 is 0 Å². The number of anilines is 1. The molecule has 0 radical (unpaired) electrons. The number of nitrogens with zero attached hydrogens (tertiary/aromatic N) is 2. The summed E-state index contributed by atoms with van der Waals surface area (Å²) in [4.78, 5) is 22.0. The van der Waals surface area contributed by atoms with Crippen LogP contribution in [0.25, 0.3) is 22.3 Å². The number of thioether (sulfide) groups is 1. The van der Waals surface area contributed by atoms with Crippen LogP contribution in [-0.2, 0) is 4.79 Å². The Morgan fingerprint density at radius 2 is 1.74 bits per heavy atom. The van der Waals surface area contributed by atoms with E-state index >= 15 is 0 Å². The number of carbonyl (C=O) groups is 1. The van der Waals surface area contributed by atoms with Crippen LogP contribution in [0.3, 0.4) is 0 Å². The smallest absolute Gasteiger partial charge is 0.234 e. The quantitative estimate of drug-likeness (QED) is 0.263. The Bertz CT molecular complexity index is 1250. The number of rotatable bonds is 6. The highest BCUT2D eigenvalue weighted by molar-refractivity contribution is 8.00. The number of methoxy groups -OCH3 is 1. The van der Waals surface area contributed by atoms with Gasteiger partial charge in [0.05, 0.1) is 24.1 Å². The van der Waals surface area contributed by atoms with Gasteiger partial charge in [-0.1, -0.05) is 65.3 Å². The van der Waals surface area contributed by atoms with Crippen LogP contribution in [-0.4, -0.2) is 28.7 Å². The summed E-state index contributed by atoms with van der Waals surface area (Å²) in [6.07, 6.45) is 0. The molecule has 0 spiro atoms. The maximum absolute atomic E-state index is 12.6. The van der Waals surface area contributed by atoms with Crippen molar-refractivity contribution in [2.24, 2.45) is 0 Å². The maximum atomic E-state index is 12.6. The molecule has 0 aliphatic heterocycles. The van der Waals surface area contributed by atoms with Crippen molar-refractivity contribution in [1.29, 1.82) is 0 Å². The maximum Gasteiger partial charge on any atom is 0.234 e. The molecule has 1 heterocycles. The molecule has 0 aliphatic carbocycles. The van der Waals surface area contributed by atoms with Crippen molar-refractivity contribution in [2.75, 3.05) is 18.2 Å². The number of hydrogen-bond acceptors (Lipinski definition) is 5. The average molecular weight is 470 g/mol. The number of aromatic nitrogens is 2. The molecule has 0 bridgehead atoms. The van der Waals surface area contributed by atoms with Crippen molar-refractivity contribution >= 4 is 57.5 Å². The second-order valence-corrected chi connectivity index (χ2v) is 8.40. The van der Waals surface area contributed by atoms with Crippen LogP contribution in [0, 0.1) is 0 Å². The molecule has 1 amide bonds. The first-order valence-electron chi connectivity index (χ1n) is 9.32. The molecule has 4 rings (SSSR count). The van der Waals surface area contributed by atoms with Gasteiger partial charge in [0.25, 0.3) is 0 Å². The van der Waals surface area contributed by atoms with E-state index in [0.29, 0.717) is 32.3 Å². The van der Waals surface area contributed by atoms with Crippen LogP contribution in [0.5, 0.6) is 5.75 Å². The number of halogens is 2. The zero-order valence-corrected chi connectivity index (χ0v) is 18.8. The molecule has 0 saturated carbocycles. The van der Waals surface area contributed by atoms with Crippen molar-refractivity contribution < 1.29 is 9.53 Å². The first kappa shape index (κ1) is 21.4. The minimum absolute atomic E-state index is 0.141. The summed E-state index contributed by atoms with van der Waals surface area (Å²) in [6.45, 7) is 0. The molecule has 0 fully saturated rings. The van der Waals surface area contributed by atoms with Crippen molar-refractivity contribution in [3.05, 3.63) is 76.8 Å². The number of ether oxygens (including phenoxy) is 1. The molecule has 156 valence electrons. The van der Waals surface area contributed by atoms with E-state index in [0.717, 1.165) is 16.5 Å². The fourth-order valence-electron chi connectivity index (χ4n) is 3.00. The fourth-order valence-corrected chi connectivity index (χ4v) is 4.15. The predicted octanol–water partition coefficient (Wildman–Crippen LogP) is 6.34. The molecular weight excluding hydrogens is 453 g/mol. The predicted molar refractivity (Wildman–Crippen MR) is 127 cm³/mol. The summed E-state index contributed by atoms with van der Waals surface area (Å²) in [5.74, 6) is 1.06. The average Bonchev–Trinajstić information content (AvgIpc) is 2.78. The van der Waals surface area contributed by atoms with Crippen LogP contribution < -0.4 is 10.1 Å². The molecule has 0 unspecified atom stereocenters. The monoisotopic (exact) mass is 469 g/mol. The summed E-state index contributed by atoms with van der Waals surface area (Å²) < 4.78 is 5.28. The molecule has 8 heteroatoms. The van der Waals surface area contributed by atoms with E-state index < -0.39 is 0 Å². The zero-order valence-electron chi connectivity index (χ0n) is 16.4. The van der Waals surface area contributed by atoms with Crippen molar-refractivity contribution in [3.63, 3.8) is 0 Å². The highest BCUT2D eigenvalue weighted by Crippen LogP contribution is 2.31. The summed E-state index contributed by atoms with van der Waals surface area (Å²) in [6, 6.07) is 20.2. The van der Waals surface area contributed by atoms with E-state index in [2.05, 4.69) is 10.3 Å². The Morgan fingerprint density at radius 3 is 2.52 bits per heavy atom. The van der Waals surface area contributed by atoms with Crippen LogP contribution in [0.2, 0.25) is 10.0 Å². The lowest BCUT2D eigenvalue weighted by Gasteiger charge is -2.11. The van der Waals surface area contributed by atoms with Gasteiger partial charge in [-0.2, -0.15) is 0 Å². The third-order valence-electron chi connectivity index (χ3n) is 4.43. The zero-order chi connectivity index (χ0) is 21.8. The van der Waals surface area contributed by atoms with Crippen LogP contribution in [0.4, 0.5) is 5.69 Å². The number of carbonyl (C=O) groups excluding carboxylic acids is 1. The van der Waals surface area contributed by atoms with Gasteiger partial charge in [-0.25, -0.2) is 9.97 Å². The second-order valence-electron chi connectivity index (χ2n) is 6.56. The van der Waals surface area contributed by atoms with E-state index in [4.69, 9.17) is 32.9 Å². The lowest BCUT2D eigenvalue weighted by molar-refractivity contribution is -0.113. The lowest BCUT2D eigenvalue weighted by Crippen LogP contribution is -2.15. The summed E-state index contributed by atoms with van der Waals surface area (Å²) in [5.41, 5.74) is 2.17. The minimum Gasteiger partial charge on any atom is -0.495 e. The summed E-state index contributed by atoms with van der Waals surface area (Å²) in [7, 11) is 1.54. The van der Waals surface area contributed by atoms with Gasteiger partial charge in [-0.3, -0.25) is 4.79 Å². The molecule has 1 aromatic heterocycles. The number of benzene rings is 3. The molecule has 0 saturated heterocycles. The SMILES string of the molecule is COc1ccc(Cl)cc1NC(=O)CSc1nc(-c2ccccc2)nc2ccc(Cl)cc12. The largest absolute Gasteiger partial charge is 0.495 e. The summed E-state index contributed by atoms with van der Waals surface area (Å²) >= 11 is 13.6. The Balaban J connectivity index is 1.61. The first-order valence-corrected chi connectivity index (χ1v) is 11.1. The van der Waals surface area contributed by atoms with E-state index in [1.807, 2.05) is 42.5 Å². The van der Waals surface area contributed by atoms with Gasteiger partial charge < -0.3 is 10.1 Å². The van der Waals surface area contributed by atoms with E-state index in [1.165, 1.54) is 18.9 Å². The van der Waals surface area contributed by atoms with E-state index in [9.17, 15) is 4.79 Å². The fraction of sp³-hybridized carbons (Fsp3) is 0.0870. The molecule has 0 aliphatic rings. The Labute approximate surface area is 193 Å². The second kappa shape index (κ2) is 9.56. The number of nitrogens with one attached hydrogen (secondary N) is 1.